The lowest BCUT2D eigenvalue weighted by Crippen LogP contribution is -1.85. The van der Waals surface area contributed by atoms with E-state index in [1.165, 1.54) is 30.0 Å². The molecule has 0 N–H and O–H groups in total. The number of halogens is 3. The maximum atomic E-state index is 12.9. The summed E-state index contributed by atoms with van der Waals surface area (Å²) in [6, 6.07) is 9.93. The van der Waals surface area contributed by atoms with Crippen molar-refractivity contribution in [2.45, 2.75) is 10.6 Å². The third-order valence-corrected chi connectivity index (χ3v) is 3.25. The van der Waals surface area contributed by atoms with Crippen LogP contribution in [0.2, 0.25) is 0 Å². The maximum Gasteiger partial charge on any atom is 0.159 e. The quantitative estimate of drug-likeness (QED) is 0.732. The number of hydrogen-bond acceptors (Lipinski definition) is 1. The number of benzene rings is 2. The van der Waals surface area contributed by atoms with Gasteiger partial charge in [0.1, 0.15) is 5.82 Å². The largest absolute Gasteiger partial charge is 0.207 e. The average molecular weight is 254 g/mol. The third kappa shape index (κ3) is 3.27. The molecule has 0 bridgehead atoms. The highest BCUT2D eigenvalue weighted by molar-refractivity contribution is 7.98. The lowest BCUT2D eigenvalue weighted by atomic mass is 10.2. The van der Waals surface area contributed by atoms with Crippen molar-refractivity contribution in [1.82, 2.24) is 0 Å². The summed E-state index contributed by atoms with van der Waals surface area (Å²) in [6.45, 7) is 0. The Morgan fingerprint density at radius 2 is 1.71 bits per heavy atom. The van der Waals surface area contributed by atoms with Gasteiger partial charge in [0.25, 0.3) is 0 Å². The van der Waals surface area contributed by atoms with Gasteiger partial charge in [0.15, 0.2) is 11.6 Å². The van der Waals surface area contributed by atoms with Crippen LogP contribution in [0.1, 0.15) is 5.56 Å². The summed E-state index contributed by atoms with van der Waals surface area (Å²) in [6.07, 6.45) is 0. The molecule has 17 heavy (non-hydrogen) atoms. The van der Waals surface area contributed by atoms with Crippen LogP contribution < -0.4 is 0 Å². The summed E-state index contributed by atoms with van der Waals surface area (Å²) in [5.41, 5.74) is 0.805. The minimum Gasteiger partial charge on any atom is -0.207 e. The van der Waals surface area contributed by atoms with Crippen LogP contribution in [0.3, 0.4) is 0 Å². The van der Waals surface area contributed by atoms with Crippen molar-refractivity contribution in [2.75, 3.05) is 0 Å². The van der Waals surface area contributed by atoms with Crippen LogP contribution in [0.15, 0.2) is 47.4 Å². The normalized spacial score (nSPS) is 10.5. The van der Waals surface area contributed by atoms with Crippen LogP contribution >= 0.6 is 11.8 Å². The van der Waals surface area contributed by atoms with Gasteiger partial charge in [-0.2, -0.15) is 0 Å². The second-order valence-corrected chi connectivity index (χ2v) is 4.54. The first-order valence-electron chi connectivity index (χ1n) is 4.97. The SMILES string of the molecule is Fc1cccc(CSc2ccc(F)c(F)c2)c1. The van der Waals surface area contributed by atoms with E-state index in [-0.39, 0.29) is 5.82 Å². The maximum absolute atomic E-state index is 12.9. The fourth-order valence-electron chi connectivity index (χ4n) is 1.36. The summed E-state index contributed by atoms with van der Waals surface area (Å²) >= 11 is 1.33. The molecule has 2 rings (SSSR count). The third-order valence-electron chi connectivity index (χ3n) is 2.19. The number of thioether (sulfide) groups is 1. The first kappa shape index (κ1) is 12.0. The van der Waals surface area contributed by atoms with Crippen LogP contribution in [0.4, 0.5) is 13.2 Å². The number of hydrogen-bond donors (Lipinski definition) is 0. The van der Waals surface area contributed by atoms with Crippen molar-refractivity contribution in [1.29, 1.82) is 0 Å². The molecule has 0 saturated heterocycles. The zero-order chi connectivity index (χ0) is 12.3. The van der Waals surface area contributed by atoms with Gasteiger partial charge in [0, 0.05) is 10.6 Å². The van der Waals surface area contributed by atoms with E-state index in [1.54, 1.807) is 12.1 Å². The van der Waals surface area contributed by atoms with E-state index < -0.39 is 11.6 Å². The molecule has 0 radical (unpaired) electrons. The Kier molecular flexibility index (Phi) is 3.74. The Morgan fingerprint density at radius 1 is 0.882 bits per heavy atom. The Hall–Kier alpha value is -1.42. The molecular weight excluding hydrogens is 245 g/mol. The molecule has 0 aliphatic rings. The molecule has 2 aromatic rings. The highest BCUT2D eigenvalue weighted by Gasteiger charge is 2.03. The van der Waals surface area contributed by atoms with Gasteiger partial charge in [-0.15, -0.1) is 11.8 Å². The predicted octanol–water partition coefficient (Wildman–Crippen LogP) is 4.40. The van der Waals surface area contributed by atoms with Gasteiger partial charge in [-0.3, -0.25) is 0 Å². The van der Waals surface area contributed by atoms with Gasteiger partial charge in [-0.05, 0) is 35.9 Å². The topological polar surface area (TPSA) is 0 Å². The summed E-state index contributed by atoms with van der Waals surface area (Å²) in [5.74, 6) is -1.51. The van der Waals surface area contributed by atoms with E-state index >= 15 is 0 Å². The molecule has 0 amide bonds. The highest BCUT2D eigenvalue weighted by atomic mass is 32.2. The Morgan fingerprint density at radius 3 is 2.41 bits per heavy atom. The Bertz CT molecular complexity index is 526. The van der Waals surface area contributed by atoms with E-state index in [0.29, 0.717) is 10.6 Å². The smallest absolute Gasteiger partial charge is 0.159 e. The molecule has 4 heteroatoms. The molecule has 0 spiro atoms. The molecule has 0 aliphatic heterocycles. The molecule has 88 valence electrons. The van der Waals surface area contributed by atoms with Crippen LogP contribution in [0.25, 0.3) is 0 Å². The molecule has 2 aromatic carbocycles. The van der Waals surface area contributed by atoms with Crippen molar-refractivity contribution in [3.8, 4) is 0 Å². The minimum atomic E-state index is -0.866. The van der Waals surface area contributed by atoms with Crippen LogP contribution in [0, 0.1) is 17.5 Å². The lowest BCUT2D eigenvalue weighted by molar-refractivity contribution is 0.506. The standard InChI is InChI=1S/C13H9F3S/c14-10-3-1-2-9(6-10)8-17-11-4-5-12(15)13(16)7-11/h1-7H,8H2. The second-order valence-electron chi connectivity index (χ2n) is 3.49. The van der Waals surface area contributed by atoms with E-state index in [1.807, 2.05) is 0 Å². The molecular formula is C13H9F3S. The first-order valence-corrected chi connectivity index (χ1v) is 5.96. The summed E-state index contributed by atoms with van der Waals surface area (Å²) in [5, 5.41) is 0. The highest BCUT2D eigenvalue weighted by Crippen LogP contribution is 2.24. The molecule has 0 aliphatic carbocycles. The van der Waals surface area contributed by atoms with Gasteiger partial charge in [0.2, 0.25) is 0 Å². The van der Waals surface area contributed by atoms with Crippen molar-refractivity contribution in [3.63, 3.8) is 0 Å². The molecule has 0 unspecified atom stereocenters. The monoisotopic (exact) mass is 254 g/mol. The molecule has 0 atom stereocenters. The number of rotatable bonds is 3. The first-order chi connectivity index (χ1) is 8.15. The van der Waals surface area contributed by atoms with Gasteiger partial charge < -0.3 is 0 Å². The fraction of sp³-hybridized carbons (Fsp3) is 0.0769. The van der Waals surface area contributed by atoms with Gasteiger partial charge in [0.05, 0.1) is 0 Å². The van der Waals surface area contributed by atoms with Gasteiger partial charge >= 0.3 is 0 Å². The van der Waals surface area contributed by atoms with E-state index in [4.69, 9.17) is 0 Å². The van der Waals surface area contributed by atoms with Crippen LogP contribution in [-0.4, -0.2) is 0 Å². The molecule has 0 nitrogen and oxygen atoms in total. The summed E-state index contributed by atoms with van der Waals surface area (Å²) in [7, 11) is 0. The van der Waals surface area contributed by atoms with E-state index in [2.05, 4.69) is 0 Å². The zero-order valence-corrected chi connectivity index (χ0v) is 9.61. The lowest BCUT2D eigenvalue weighted by Gasteiger charge is -2.03. The zero-order valence-electron chi connectivity index (χ0n) is 8.79. The van der Waals surface area contributed by atoms with Crippen molar-refractivity contribution in [2.24, 2.45) is 0 Å². The van der Waals surface area contributed by atoms with Crippen molar-refractivity contribution < 1.29 is 13.2 Å². The van der Waals surface area contributed by atoms with Crippen LogP contribution in [0.5, 0.6) is 0 Å². The van der Waals surface area contributed by atoms with Crippen molar-refractivity contribution >= 4 is 11.8 Å². The van der Waals surface area contributed by atoms with Gasteiger partial charge in [-0.25, -0.2) is 13.2 Å². The van der Waals surface area contributed by atoms with Gasteiger partial charge in [-0.1, -0.05) is 12.1 Å². The second kappa shape index (κ2) is 5.27. The average Bonchev–Trinajstić information content (AvgIpc) is 2.31. The van der Waals surface area contributed by atoms with Crippen molar-refractivity contribution in [3.05, 3.63) is 65.5 Å². The molecule has 0 fully saturated rings. The molecule has 0 saturated carbocycles. The van der Waals surface area contributed by atoms with Crippen LogP contribution in [-0.2, 0) is 5.75 Å². The minimum absolute atomic E-state index is 0.298. The summed E-state index contributed by atoms with van der Waals surface area (Å²) < 4.78 is 38.5. The predicted molar refractivity (Wildman–Crippen MR) is 62.3 cm³/mol. The fourth-order valence-corrected chi connectivity index (χ4v) is 2.22. The molecule has 0 heterocycles. The molecule has 0 aromatic heterocycles. The van der Waals surface area contributed by atoms with E-state index in [0.717, 1.165) is 17.7 Å². The van der Waals surface area contributed by atoms with E-state index in [9.17, 15) is 13.2 Å². The summed E-state index contributed by atoms with van der Waals surface area (Å²) in [4.78, 5) is 0.619. The Labute approximate surface area is 101 Å². The Balaban J connectivity index is 2.05.